The van der Waals surface area contributed by atoms with E-state index in [1.54, 1.807) is 25.1 Å². The molecule has 1 heterocycles. The quantitative estimate of drug-likeness (QED) is 0.332. The van der Waals surface area contributed by atoms with Crippen LogP contribution in [0, 0.1) is 11.3 Å². The Labute approximate surface area is 177 Å². The van der Waals surface area contributed by atoms with Crippen molar-refractivity contribution in [1.82, 2.24) is 4.90 Å². The van der Waals surface area contributed by atoms with E-state index in [0.717, 1.165) is 17.7 Å². The molecule has 7 nitrogen and oxygen atoms in total. The summed E-state index contributed by atoms with van der Waals surface area (Å²) in [6.07, 6.45) is 3.64. The number of amides is 2. The second-order valence-electron chi connectivity index (χ2n) is 6.77. The van der Waals surface area contributed by atoms with Gasteiger partial charge in [0.15, 0.2) is 11.5 Å². The number of benzene rings is 1. The Balaban J connectivity index is 2.44. The lowest BCUT2D eigenvalue weighted by atomic mass is 9.93. The highest BCUT2D eigenvalue weighted by atomic mass is 16.5. The van der Waals surface area contributed by atoms with Crippen LogP contribution in [0.3, 0.4) is 0 Å². The lowest BCUT2D eigenvalue weighted by Crippen LogP contribution is -2.44. The molecule has 2 amide bonds. The van der Waals surface area contributed by atoms with Gasteiger partial charge < -0.3 is 14.2 Å². The van der Waals surface area contributed by atoms with Crippen LogP contribution in [0.25, 0.3) is 6.08 Å². The van der Waals surface area contributed by atoms with Crippen LogP contribution in [0.2, 0.25) is 0 Å². The Kier molecular flexibility index (Phi) is 8.63. The van der Waals surface area contributed by atoms with Crippen LogP contribution >= 0.6 is 0 Å². The van der Waals surface area contributed by atoms with Crippen molar-refractivity contribution in [2.45, 2.75) is 33.6 Å². The third-order valence-corrected chi connectivity index (χ3v) is 4.68. The molecular weight excluding hydrogens is 384 g/mol. The number of imide groups is 1. The van der Waals surface area contributed by atoms with Crippen molar-refractivity contribution in [2.75, 3.05) is 33.5 Å². The SMILES string of the molecule is CCCCOc1ccc(/C=C2/C(=O)N(CCOC)C(=O)C(C#N)=C2C)cc1OCC. The first kappa shape index (κ1) is 23.2. The first-order chi connectivity index (χ1) is 14.5. The van der Waals surface area contributed by atoms with E-state index in [9.17, 15) is 14.9 Å². The average Bonchev–Trinajstić information content (AvgIpc) is 2.73. The molecule has 7 heteroatoms. The Morgan fingerprint density at radius 1 is 1.10 bits per heavy atom. The van der Waals surface area contributed by atoms with E-state index in [-0.39, 0.29) is 18.7 Å². The number of carbonyl (C=O) groups is 2. The summed E-state index contributed by atoms with van der Waals surface area (Å²) >= 11 is 0. The van der Waals surface area contributed by atoms with Crippen molar-refractivity contribution >= 4 is 17.9 Å². The zero-order valence-corrected chi connectivity index (χ0v) is 18.0. The molecule has 0 spiro atoms. The topological polar surface area (TPSA) is 88.9 Å². The minimum absolute atomic E-state index is 0.0403. The summed E-state index contributed by atoms with van der Waals surface area (Å²) in [7, 11) is 1.49. The molecule has 2 rings (SSSR count). The molecule has 1 aliphatic heterocycles. The third kappa shape index (κ3) is 5.28. The maximum Gasteiger partial charge on any atom is 0.271 e. The van der Waals surface area contributed by atoms with E-state index >= 15 is 0 Å². The van der Waals surface area contributed by atoms with Crippen molar-refractivity contribution in [3.05, 3.63) is 40.5 Å². The minimum Gasteiger partial charge on any atom is -0.490 e. The summed E-state index contributed by atoms with van der Waals surface area (Å²) in [6.45, 7) is 6.93. The van der Waals surface area contributed by atoms with E-state index in [2.05, 4.69) is 6.92 Å². The molecule has 1 aromatic carbocycles. The number of methoxy groups -OCH3 is 1. The molecule has 30 heavy (non-hydrogen) atoms. The van der Waals surface area contributed by atoms with E-state index in [1.807, 2.05) is 19.1 Å². The minimum atomic E-state index is -0.594. The Bertz CT molecular complexity index is 895. The normalized spacial score (nSPS) is 15.6. The zero-order valence-electron chi connectivity index (χ0n) is 18.0. The van der Waals surface area contributed by atoms with Gasteiger partial charge in [0.05, 0.1) is 26.4 Å². The molecule has 0 fully saturated rings. The molecule has 0 bridgehead atoms. The first-order valence-corrected chi connectivity index (χ1v) is 10.1. The summed E-state index contributed by atoms with van der Waals surface area (Å²) in [4.78, 5) is 26.5. The number of unbranched alkanes of at least 4 members (excludes halogenated alkanes) is 1. The largest absolute Gasteiger partial charge is 0.490 e. The lowest BCUT2D eigenvalue weighted by molar-refractivity contribution is -0.141. The van der Waals surface area contributed by atoms with Gasteiger partial charge in [-0.1, -0.05) is 19.4 Å². The smallest absolute Gasteiger partial charge is 0.271 e. The van der Waals surface area contributed by atoms with E-state index in [1.165, 1.54) is 7.11 Å². The number of hydrogen-bond donors (Lipinski definition) is 0. The van der Waals surface area contributed by atoms with Crippen LogP contribution in [-0.4, -0.2) is 50.2 Å². The van der Waals surface area contributed by atoms with Crippen LogP contribution in [0.15, 0.2) is 34.9 Å². The molecule has 0 saturated carbocycles. The number of nitriles is 1. The summed E-state index contributed by atoms with van der Waals surface area (Å²) in [5.41, 5.74) is 1.33. The fraction of sp³-hybridized carbons (Fsp3) is 0.435. The van der Waals surface area contributed by atoms with Gasteiger partial charge >= 0.3 is 0 Å². The molecule has 0 unspecified atom stereocenters. The lowest BCUT2D eigenvalue weighted by Gasteiger charge is -2.27. The highest BCUT2D eigenvalue weighted by Crippen LogP contribution is 2.32. The van der Waals surface area contributed by atoms with Gasteiger partial charge in [0.1, 0.15) is 11.6 Å². The van der Waals surface area contributed by atoms with Gasteiger partial charge in [-0.25, -0.2) is 0 Å². The molecule has 0 N–H and O–H groups in total. The molecule has 0 aliphatic carbocycles. The van der Waals surface area contributed by atoms with Crippen LogP contribution in [0.1, 0.15) is 39.2 Å². The summed E-state index contributed by atoms with van der Waals surface area (Å²) in [5.74, 6) is 0.184. The van der Waals surface area contributed by atoms with Crippen LogP contribution in [-0.2, 0) is 14.3 Å². The maximum absolute atomic E-state index is 13.0. The predicted molar refractivity (Wildman–Crippen MR) is 113 cm³/mol. The van der Waals surface area contributed by atoms with E-state index in [0.29, 0.717) is 41.4 Å². The Morgan fingerprint density at radius 2 is 1.87 bits per heavy atom. The Morgan fingerprint density at radius 3 is 2.50 bits per heavy atom. The predicted octanol–water partition coefficient (Wildman–Crippen LogP) is 3.50. The van der Waals surface area contributed by atoms with Crippen molar-refractivity contribution in [1.29, 1.82) is 5.26 Å². The molecule has 1 aliphatic rings. The number of carbonyl (C=O) groups excluding carboxylic acids is 2. The van der Waals surface area contributed by atoms with Gasteiger partial charge in [0, 0.05) is 12.7 Å². The highest BCUT2D eigenvalue weighted by molar-refractivity contribution is 6.19. The number of nitrogens with zero attached hydrogens (tertiary/aromatic N) is 2. The van der Waals surface area contributed by atoms with E-state index in [4.69, 9.17) is 14.2 Å². The van der Waals surface area contributed by atoms with Gasteiger partial charge in [-0.15, -0.1) is 0 Å². The van der Waals surface area contributed by atoms with Gasteiger partial charge in [-0.05, 0) is 49.6 Å². The molecule has 0 aromatic heterocycles. The third-order valence-electron chi connectivity index (χ3n) is 4.68. The monoisotopic (exact) mass is 412 g/mol. The maximum atomic E-state index is 13.0. The number of rotatable bonds is 10. The van der Waals surface area contributed by atoms with Crippen molar-refractivity contribution < 1.29 is 23.8 Å². The van der Waals surface area contributed by atoms with Gasteiger partial charge in [0.2, 0.25) is 0 Å². The number of hydrogen-bond acceptors (Lipinski definition) is 6. The highest BCUT2D eigenvalue weighted by Gasteiger charge is 2.35. The van der Waals surface area contributed by atoms with E-state index < -0.39 is 11.8 Å². The summed E-state index contributed by atoms with van der Waals surface area (Å²) in [6, 6.07) is 7.34. The molecule has 1 aromatic rings. The Hall–Kier alpha value is -3.11. The molecule has 160 valence electrons. The average molecular weight is 412 g/mol. The van der Waals surface area contributed by atoms with Gasteiger partial charge in [-0.3, -0.25) is 14.5 Å². The summed E-state index contributed by atoms with van der Waals surface area (Å²) in [5, 5.41) is 9.44. The second-order valence-corrected chi connectivity index (χ2v) is 6.77. The molecule has 0 radical (unpaired) electrons. The van der Waals surface area contributed by atoms with Crippen molar-refractivity contribution in [2.24, 2.45) is 0 Å². The van der Waals surface area contributed by atoms with Crippen LogP contribution in [0.5, 0.6) is 11.5 Å². The molecular formula is C23H28N2O5. The number of ether oxygens (including phenoxy) is 3. The van der Waals surface area contributed by atoms with Crippen LogP contribution in [0.4, 0.5) is 0 Å². The van der Waals surface area contributed by atoms with Crippen LogP contribution < -0.4 is 9.47 Å². The van der Waals surface area contributed by atoms with Crippen molar-refractivity contribution in [3.63, 3.8) is 0 Å². The summed E-state index contributed by atoms with van der Waals surface area (Å²) < 4.78 is 16.5. The molecule has 0 atom stereocenters. The fourth-order valence-electron chi connectivity index (χ4n) is 3.01. The van der Waals surface area contributed by atoms with Crippen molar-refractivity contribution in [3.8, 4) is 17.6 Å². The standard InChI is InChI=1S/C23H28N2O5/c1-5-7-11-30-20-9-8-17(14-21(20)29-6-2)13-18-16(3)19(15-24)23(27)25(22(18)26)10-12-28-4/h8-9,13-14H,5-7,10-12H2,1-4H3/b18-13+. The zero-order chi connectivity index (χ0) is 22.1. The van der Waals surface area contributed by atoms with Gasteiger partial charge in [-0.2, -0.15) is 5.26 Å². The fourth-order valence-corrected chi connectivity index (χ4v) is 3.01. The van der Waals surface area contributed by atoms with Gasteiger partial charge in [0.25, 0.3) is 11.8 Å². The first-order valence-electron chi connectivity index (χ1n) is 10.1. The molecule has 0 saturated heterocycles. The second kappa shape index (κ2) is 11.2.